The zero-order valence-electron chi connectivity index (χ0n) is 19.2. The van der Waals surface area contributed by atoms with Crippen LogP contribution in [0.15, 0.2) is 48.5 Å². The Morgan fingerprint density at radius 1 is 1.03 bits per heavy atom. The average Bonchev–Trinajstić information content (AvgIpc) is 3.43. The third kappa shape index (κ3) is 5.22. The molecule has 2 aliphatic carbocycles. The van der Waals surface area contributed by atoms with Crippen molar-refractivity contribution in [1.82, 2.24) is 10.6 Å². The molecular weight excluding hydrogens is 436 g/mol. The van der Waals surface area contributed by atoms with Crippen LogP contribution in [0.1, 0.15) is 42.7 Å². The lowest BCUT2D eigenvalue weighted by atomic mass is 9.98. The molecule has 1 unspecified atom stereocenters. The molecule has 3 N–H and O–H groups in total. The number of carbonyl (C=O) groups excluding carboxylic acids is 2. The van der Waals surface area contributed by atoms with Crippen molar-refractivity contribution in [1.29, 1.82) is 0 Å². The second-order valence-corrected chi connectivity index (χ2v) is 8.82. The van der Waals surface area contributed by atoms with E-state index >= 15 is 0 Å². The number of aliphatic carboxylic acids is 1. The molecule has 3 atom stereocenters. The monoisotopic (exact) mass is 466 g/mol. The molecule has 8 nitrogen and oxygen atoms in total. The Hall–Kier alpha value is -3.39. The summed E-state index contributed by atoms with van der Waals surface area (Å²) >= 11 is 0. The lowest BCUT2D eigenvalue weighted by Crippen LogP contribution is -2.43. The zero-order chi connectivity index (χ0) is 24.1. The molecule has 0 radical (unpaired) electrons. The molecule has 0 spiro atoms. The highest BCUT2D eigenvalue weighted by Crippen LogP contribution is 2.44. The number of rotatable bonds is 9. The summed E-state index contributed by atoms with van der Waals surface area (Å²) < 4.78 is 10.8. The largest absolute Gasteiger partial charge is 0.481 e. The minimum absolute atomic E-state index is 0.0170. The van der Waals surface area contributed by atoms with Crippen molar-refractivity contribution in [3.63, 3.8) is 0 Å². The number of ether oxygens (including phenoxy) is 2. The number of hydrogen-bond donors (Lipinski definition) is 3. The van der Waals surface area contributed by atoms with Gasteiger partial charge in [-0.3, -0.25) is 9.59 Å². The minimum atomic E-state index is -0.827. The van der Waals surface area contributed by atoms with E-state index in [4.69, 9.17) is 14.6 Å². The molecule has 0 saturated heterocycles. The van der Waals surface area contributed by atoms with Gasteiger partial charge in [0.15, 0.2) is 0 Å². The molecule has 2 aromatic rings. The van der Waals surface area contributed by atoms with Crippen molar-refractivity contribution >= 4 is 18.0 Å². The van der Waals surface area contributed by atoms with Gasteiger partial charge in [0.05, 0.1) is 5.92 Å². The Morgan fingerprint density at radius 2 is 1.68 bits per heavy atom. The standard InChI is InChI=1S/C26H30N2O6/c1-33-23(24(29)28-17-11-10-16(14-17)25(30)31)12-13-27-26(32)34-15-22-20-8-4-2-6-18(20)19-7-3-5-9-21(19)22/h2-9,16-17,22-23H,10-15H2,1H3,(H,27,32)(H,28,29)(H,30,31)/t16-,17+,23?/m1/s1. The van der Waals surface area contributed by atoms with Crippen molar-refractivity contribution in [3.8, 4) is 11.1 Å². The fraction of sp³-hybridized carbons (Fsp3) is 0.423. The van der Waals surface area contributed by atoms with Crippen LogP contribution >= 0.6 is 0 Å². The maximum Gasteiger partial charge on any atom is 0.407 e. The van der Waals surface area contributed by atoms with Gasteiger partial charge in [-0.05, 0) is 41.5 Å². The van der Waals surface area contributed by atoms with Crippen molar-refractivity contribution < 1.29 is 29.0 Å². The van der Waals surface area contributed by atoms with E-state index in [-0.39, 0.29) is 37.4 Å². The summed E-state index contributed by atoms with van der Waals surface area (Å²) in [6.45, 7) is 0.436. The maximum atomic E-state index is 12.5. The summed E-state index contributed by atoms with van der Waals surface area (Å²) in [7, 11) is 1.44. The molecule has 0 bridgehead atoms. The van der Waals surface area contributed by atoms with E-state index in [1.165, 1.54) is 7.11 Å². The Labute approximate surface area is 198 Å². The van der Waals surface area contributed by atoms with Crippen molar-refractivity contribution in [2.75, 3.05) is 20.3 Å². The van der Waals surface area contributed by atoms with Gasteiger partial charge in [-0.2, -0.15) is 0 Å². The first kappa shape index (κ1) is 23.8. The molecule has 8 heteroatoms. The average molecular weight is 467 g/mol. The van der Waals surface area contributed by atoms with E-state index in [9.17, 15) is 14.4 Å². The number of benzene rings is 2. The summed E-state index contributed by atoms with van der Waals surface area (Å²) in [6, 6.07) is 16.1. The first-order valence-electron chi connectivity index (χ1n) is 11.6. The van der Waals surface area contributed by atoms with Crippen molar-refractivity contribution in [3.05, 3.63) is 59.7 Å². The van der Waals surface area contributed by atoms with Gasteiger partial charge in [0.25, 0.3) is 0 Å². The number of fused-ring (bicyclic) bond motifs is 3. The number of amides is 2. The Morgan fingerprint density at radius 3 is 2.26 bits per heavy atom. The van der Waals surface area contributed by atoms with Crippen LogP contribution in [-0.4, -0.2) is 55.5 Å². The van der Waals surface area contributed by atoms with Crippen LogP contribution in [0, 0.1) is 5.92 Å². The smallest absolute Gasteiger partial charge is 0.407 e. The molecule has 0 heterocycles. The van der Waals surface area contributed by atoms with Gasteiger partial charge < -0.3 is 25.2 Å². The normalized spacial score (nSPS) is 19.7. The van der Waals surface area contributed by atoms with Crippen LogP contribution in [-0.2, 0) is 19.1 Å². The maximum absolute atomic E-state index is 12.5. The topological polar surface area (TPSA) is 114 Å². The minimum Gasteiger partial charge on any atom is -0.481 e. The summed E-state index contributed by atoms with van der Waals surface area (Å²) in [4.78, 5) is 35.9. The number of carboxylic acids is 1. The van der Waals surface area contributed by atoms with Crippen molar-refractivity contribution in [2.45, 2.75) is 43.7 Å². The molecule has 34 heavy (non-hydrogen) atoms. The molecule has 2 amide bonds. The number of nitrogens with one attached hydrogen (secondary N) is 2. The highest BCUT2D eigenvalue weighted by molar-refractivity contribution is 5.81. The quantitative estimate of drug-likeness (QED) is 0.523. The van der Waals surface area contributed by atoms with Gasteiger partial charge in [-0.1, -0.05) is 48.5 Å². The summed E-state index contributed by atoms with van der Waals surface area (Å²) in [5.74, 6) is -1.56. The fourth-order valence-electron chi connectivity index (χ4n) is 4.94. The van der Waals surface area contributed by atoms with E-state index < -0.39 is 24.1 Å². The molecular formula is C26H30N2O6. The Bertz CT molecular complexity index is 1010. The molecule has 2 aliphatic rings. The van der Waals surface area contributed by atoms with Gasteiger partial charge in [-0.25, -0.2) is 4.79 Å². The van der Waals surface area contributed by atoms with Crippen molar-refractivity contribution in [2.24, 2.45) is 5.92 Å². The number of hydrogen-bond acceptors (Lipinski definition) is 5. The molecule has 4 rings (SSSR count). The molecule has 180 valence electrons. The van der Waals surface area contributed by atoms with Gasteiger partial charge in [0.2, 0.25) is 5.91 Å². The van der Waals surface area contributed by atoms with Crippen LogP contribution < -0.4 is 10.6 Å². The van der Waals surface area contributed by atoms with Gasteiger partial charge >= 0.3 is 12.1 Å². The molecule has 2 aromatic carbocycles. The lowest BCUT2D eigenvalue weighted by molar-refractivity contribution is -0.141. The first-order valence-corrected chi connectivity index (χ1v) is 11.6. The second kappa shape index (κ2) is 10.7. The lowest BCUT2D eigenvalue weighted by Gasteiger charge is -2.19. The van der Waals surface area contributed by atoms with Crippen LogP contribution in [0.3, 0.4) is 0 Å². The van der Waals surface area contributed by atoms with Crippen LogP contribution in [0.5, 0.6) is 0 Å². The fourth-order valence-corrected chi connectivity index (χ4v) is 4.94. The predicted molar refractivity (Wildman–Crippen MR) is 125 cm³/mol. The number of carbonyl (C=O) groups is 3. The first-order chi connectivity index (χ1) is 16.5. The molecule has 0 aliphatic heterocycles. The Balaban J connectivity index is 1.23. The van der Waals surface area contributed by atoms with E-state index in [0.29, 0.717) is 19.3 Å². The third-order valence-corrected chi connectivity index (χ3v) is 6.72. The SMILES string of the molecule is COC(CCNC(=O)OCC1c2ccccc2-c2ccccc21)C(=O)N[C@H]1CC[C@@H](C(=O)O)C1. The Kier molecular flexibility index (Phi) is 7.47. The van der Waals surface area contributed by atoms with E-state index in [0.717, 1.165) is 22.3 Å². The van der Waals surface area contributed by atoms with Crippen LogP contribution in [0.2, 0.25) is 0 Å². The highest BCUT2D eigenvalue weighted by Gasteiger charge is 2.32. The second-order valence-electron chi connectivity index (χ2n) is 8.82. The number of carboxylic acid groups (broad SMARTS) is 1. The predicted octanol–water partition coefficient (Wildman–Crippen LogP) is 3.30. The van der Waals surface area contributed by atoms with Crippen LogP contribution in [0.25, 0.3) is 11.1 Å². The van der Waals surface area contributed by atoms with E-state index in [2.05, 4.69) is 34.9 Å². The van der Waals surface area contributed by atoms with E-state index in [1.54, 1.807) is 0 Å². The molecule has 1 fully saturated rings. The number of methoxy groups -OCH3 is 1. The number of alkyl carbamates (subject to hydrolysis) is 1. The molecule has 0 aromatic heterocycles. The highest BCUT2D eigenvalue weighted by atomic mass is 16.5. The zero-order valence-corrected chi connectivity index (χ0v) is 19.2. The van der Waals surface area contributed by atoms with Gasteiger partial charge in [-0.15, -0.1) is 0 Å². The third-order valence-electron chi connectivity index (χ3n) is 6.72. The summed E-state index contributed by atoms with van der Waals surface area (Å²) in [5, 5.41) is 14.7. The summed E-state index contributed by atoms with van der Waals surface area (Å²) in [6.07, 6.45) is 0.616. The van der Waals surface area contributed by atoms with Gasteiger partial charge in [0, 0.05) is 32.0 Å². The van der Waals surface area contributed by atoms with Gasteiger partial charge in [0.1, 0.15) is 12.7 Å². The van der Waals surface area contributed by atoms with E-state index in [1.807, 2.05) is 24.3 Å². The summed E-state index contributed by atoms with van der Waals surface area (Å²) in [5.41, 5.74) is 4.62. The van der Waals surface area contributed by atoms with Crippen LogP contribution in [0.4, 0.5) is 4.79 Å². The molecule has 1 saturated carbocycles.